The fraction of sp³-hybridized carbons (Fsp3) is 0.211. The molecule has 0 aromatic heterocycles. The molecule has 4 nitrogen and oxygen atoms in total. The van der Waals surface area contributed by atoms with Crippen LogP contribution < -0.4 is 14.8 Å². The molecule has 2 aliphatic heterocycles. The van der Waals surface area contributed by atoms with Gasteiger partial charge in [0.05, 0.1) is 5.25 Å². The summed E-state index contributed by atoms with van der Waals surface area (Å²) in [6.45, 7) is 2.27. The normalized spacial score (nSPS) is 18.2. The van der Waals surface area contributed by atoms with Crippen LogP contribution >= 0.6 is 23.4 Å². The number of thioether (sulfide) groups is 1. The Balaban J connectivity index is 1.58. The lowest BCUT2D eigenvalue weighted by Crippen LogP contribution is -2.27. The zero-order valence-corrected chi connectivity index (χ0v) is 15.1. The first-order valence-corrected chi connectivity index (χ1v) is 9.18. The Morgan fingerprint density at radius 3 is 2.68 bits per heavy atom. The quantitative estimate of drug-likeness (QED) is 0.827. The first-order chi connectivity index (χ1) is 12.1. The number of fused-ring (bicyclic) bond motifs is 2. The molecule has 4 rings (SSSR count). The maximum Gasteiger partial charge on any atom is 0.238 e. The van der Waals surface area contributed by atoms with Crippen LogP contribution in [0.5, 0.6) is 11.5 Å². The Morgan fingerprint density at radius 1 is 1.20 bits per heavy atom. The fourth-order valence-electron chi connectivity index (χ4n) is 2.93. The SMILES string of the molecule is CC1=Cc2cc3c(cc2CC(C(=O)Nc2ccc(Cl)cc2)S1)OCO3. The van der Waals surface area contributed by atoms with Gasteiger partial charge in [-0.25, -0.2) is 0 Å². The summed E-state index contributed by atoms with van der Waals surface area (Å²) in [6.07, 6.45) is 2.72. The number of nitrogens with one attached hydrogen (secondary N) is 1. The number of halogens is 1. The van der Waals surface area contributed by atoms with Crippen LogP contribution in [0.2, 0.25) is 5.02 Å². The Kier molecular flexibility index (Phi) is 4.36. The molecule has 128 valence electrons. The second-order valence-electron chi connectivity index (χ2n) is 5.97. The highest BCUT2D eigenvalue weighted by molar-refractivity contribution is 8.04. The second kappa shape index (κ2) is 6.65. The van der Waals surface area contributed by atoms with Gasteiger partial charge in [-0.15, -0.1) is 11.8 Å². The number of amides is 1. The van der Waals surface area contributed by atoms with Crippen molar-refractivity contribution in [3.05, 3.63) is 57.5 Å². The van der Waals surface area contributed by atoms with Crippen molar-refractivity contribution in [1.29, 1.82) is 0 Å². The minimum atomic E-state index is -0.214. The molecule has 25 heavy (non-hydrogen) atoms. The van der Waals surface area contributed by atoms with Crippen molar-refractivity contribution in [1.82, 2.24) is 0 Å². The van der Waals surface area contributed by atoms with E-state index in [0.717, 1.165) is 33.2 Å². The largest absolute Gasteiger partial charge is 0.454 e. The summed E-state index contributed by atoms with van der Waals surface area (Å²) in [5, 5.41) is 3.40. The predicted octanol–water partition coefficient (Wildman–Crippen LogP) is 4.73. The summed E-state index contributed by atoms with van der Waals surface area (Å²) in [7, 11) is 0. The molecule has 1 amide bonds. The standard InChI is InChI=1S/C19H16ClNO3S/c1-11-6-12-7-16-17(24-10-23-16)8-13(12)9-18(25-11)19(22)21-15-4-2-14(20)3-5-15/h2-8,18H,9-10H2,1H3,(H,21,22). The minimum absolute atomic E-state index is 0.0226. The number of allylic oxidation sites excluding steroid dienone is 1. The molecular weight excluding hydrogens is 358 g/mol. The molecule has 6 heteroatoms. The smallest absolute Gasteiger partial charge is 0.238 e. The topological polar surface area (TPSA) is 47.6 Å². The highest BCUT2D eigenvalue weighted by atomic mass is 35.5. The van der Waals surface area contributed by atoms with Gasteiger partial charge < -0.3 is 14.8 Å². The van der Waals surface area contributed by atoms with E-state index in [0.29, 0.717) is 11.4 Å². The Labute approximate surface area is 155 Å². The Hall–Kier alpha value is -2.11. The molecule has 1 N–H and O–H groups in total. The van der Waals surface area contributed by atoms with Gasteiger partial charge in [0, 0.05) is 10.7 Å². The number of carbonyl (C=O) groups excluding carboxylic acids is 1. The molecule has 1 atom stereocenters. The van der Waals surface area contributed by atoms with Crippen LogP contribution in [0.4, 0.5) is 5.69 Å². The van der Waals surface area contributed by atoms with Gasteiger partial charge in [-0.2, -0.15) is 0 Å². The van der Waals surface area contributed by atoms with Crippen molar-refractivity contribution >= 4 is 41.0 Å². The van der Waals surface area contributed by atoms with Gasteiger partial charge in [0.1, 0.15) is 0 Å². The van der Waals surface area contributed by atoms with E-state index >= 15 is 0 Å². The van der Waals surface area contributed by atoms with E-state index in [1.807, 2.05) is 19.1 Å². The number of hydrogen-bond acceptors (Lipinski definition) is 4. The van der Waals surface area contributed by atoms with Crippen LogP contribution in [0, 0.1) is 0 Å². The maximum atomic E-state index is 12.7. The number of ether oxygens (including phenoxy) is 2. The summed E-state index contributed by atoms with van der Waals surface area (Å²) in [4.78, 5) is 13.8. The first kappa shape index (κ1) is 16.4. The molecule has 2 aromatic rings. The third-order valence-electron chi connectivity index (χ3n) is 4.13. The molecule has 0 radical (unpaired) electrons. The third kappa shape index (κ3) is 3.48. The molecule has 1 unspecified atom stereocenters. The van der Waals surface area contributed by atoms with E-state index in [9.17, 15) is 4.79 Å². The summed E-state index contributed by atoms with van der Waals surface area (Å²) in [6, 6.07) is 11.1. The summed E-state index contributed by atoms with van der Waals surface area (Å²) >= 11 is 7.47. The number of anilines is 1. The number of carbonyl (C=O) groups is 1. The highest BCUT2D eigenvalue weighted by Crippen LogP contribution is 2.40. The van der Waals surface area contributed by atoms with Gasteiger partial charge in [-0.1, -0.05) is 11.6 Å². The molecule has 0 fully saturated rings. The number of rotatable bonds is 2. The molecule has 0 spiro atoms. The molecule has 0 saturated carbocycles. The average Bonchev–Trinajstić information content (AvgIpc) is 2.96. The van der Waals surface area contributed by atoms with Gasteiger partial charge in [-0.3, -0.25) is 4.79 Å². The summed E-state index contributed by atoms with van der Waals surface area (Å²) in [5.74, 6) is 1.48. The van der Waals surface area contributed by atoms with Crippen LogP contribution in [0.15, 0.2) is 41.3 Å². The summed E-state index contributed by atoms with van der Waals surface area (Å²) in [5.41, 5.74) is 2.91. The Bertz CT molecular complexity index is 864. The fourth-order valence-corrected chi connectivity index (χ4v) is 4.13. The monoisotopic (exact) mass is 373 g/mol. The van der Waals surface area contributed by atoms with Crippen molar-refractivity contribution in [2.24, 2.45) is 0 Å². The van der Waals surface area contributed by atoms with Crippen LogP contribution in [-0.2, 0) is 11.2 Å². The van der Waals surface area contributed by atoms with Crippen molar-refractivity contribution < 1.29 is 14.3 Å². The van der Waals surface area contributed by atoms with E-state index < -0.39 is 0 Å². The number of hydrogen-bond donors (Lipinski definition) is 1. The van der Waals surface area contributed by atoms with Gasteiger partial charge in [0.2, 0.25) is 12.7 Å². The van der Waals surface area contributed by atoms with Gasteiger partial charge in [-0.05, 0) is 71.9 Å². The summed E-state index contributed by atoms with van der Waals surface area (Å²) < 4.78 is 10.9. The van der Waals surface area contributed by atoms with Gasteiger partial charge in [0.15, 0.2) is 11.5 Å². The van der Waals surface area contributed by atoms with Gasteiger partial charge >= 0.3 is 0 Å². The Morgan fingerprint density at radius 2 is 1.92 bits per heavy atom. The second-order valence-corrected chi connectivity index (χ2v) is 7.85. The molecule has 0 saturated heterocycles. The van der Waals surface area contributed by atoms with E-state index in [2.05, 4.69) is 11.4 Å². The van der Waals surface area contributed by atoms with Crippen LogP contribution in [0.1, 0.15) is 18.1 Å². The molecule has 0 bridgehead atoms. The zero-order chi connectivity index (χ0) is 17.4. The van der Waals surface area contributed by atoms with E-state index in [4.69, 9.17) is 21.1 Å². The lowest BCUT2D eigenvalue weighted by Gasteiger charge is -2.15. The number of benzene rings is 2. The molecule has 2 heterocycles. The van der Waals surface area contributed by atoms with Crippen molar-refractivity contribution in [2.45, 2.75) is 18.6 Å². The first-order valence-electron chi connectivity index (χ1n) is 7.92. The van der Waals surface area contributed by atoms with Crippen LogP contribution in [0.3, 0.4) is 0 Å². The van der Waals surface area contributed by atoms with Crippen LogP contribution in [0.25, 0.3) is 6.08 Å². The van der Waals surface area contributed by atoms with Gasteiger partial charge in [0.25, 0.3) is 0 Å². The molecule has 2 aliphatic rings. The maximum absolute atomic E-state index is 12.7. The third-order valence-corrected chi connectivity index (χ3v) is 5.54. The average molecular weight is 374 g/mol. The predicted molar refractivity (Wildman–Crippen MR) is 101 cm³/mol. The van der Waals surface area contributed by atoms with E-state index in [-0.39, 0.29) is 18.0 Å². The molecule has 0 aliphatic carbocycles. The van der Waals surface area contributed by atoms with E-state index in [1.54, 1.807) is 36.0 Å². The zero-order valence-electron chi connectivity index (χ0n) is 13.5. The highest BCUT2D eigenvalue weighted by Gasteiger charge is 2.26. The lowest BCUT2D eigenvalue weighted by atomic mass is 10.0. The van der Waals surface area contributed by atoms with Crippen LogP contribution in [-0.4, -0.2) is 18.0 Å². The molecular formula is C19H16ClNO3S. The van der Waals surface area contributed by atoms with Crippen molar-refractivity contribution in [3.63, 3.8) is 0 Å². The lowest BCUT2D eigenvalue weighted by molar-refractivity contribution is -0.115. The van der Waals surface area contributed by atoms with Crippen molar-refractivity contribution in [2.75, 3.05) is 12.1 Å². The minimum Gasteiger partial charge on any atom is -0.454 e. The van der Waals surface area contributed by atoms with E-state index in [1.165, 1.54) is 0 Å². The molecule has 2 aromatic carbocycles. The van der Waals surface area contributed by atoms with Crippen molar-refractivity contribution in [3.8, 4) is 11.5 Å².